The monoisotopic (exact) mass is 765 g/mol. The Morgan fingerprint density at radius 1 is 0.875 bits per heavy atom. The molecule has 6 heterocycles. The van der Waals surface area contributed by atoms with E-state index >= 15 is 4.79 Å². The highest BCUT2D eigenvalue weighted by Gasteiger charge is 2.56. The van der Waals surface area contributed by atoms with Crippen LogP contribution in [0.3, 0.4) is 0 Å². The van der Waals surface area contributed by atoms with Crippen LogP contribution < -0.4 is 10.2 Å². The first-order valence-corrected chi connectivity index (χ1v) is 21.3. The van der Waals surface area contributed by atoms with Crippen LogP contribution in [0.15, 0.2) is 30.6 Å². The topological polar surface area (TPSA) is 119 Å². The molecule has 0 bridgehead atoms. The molecule has 0 unspecified atom stereocenters. The number of urea groups is 1. The fourth-order valence-electron chi connectivity index (χ4n) is 9.75. The molecule has 1 aromatic carbocycles. The highest BCUT2D eigenvalue weighted by molar-refractivity contribution is 6.09. The molecule has 6 aliphatic rings. The zero-order valence-electron chi connectivity index (χ0n) is 33.9. The summed E-state index contributed by atoms with van der Waals surface area (Å²) in [6, 6.07) is 10.0. The highest BCUT2D eigenvalue weighted by atomic mass is 16.6. The van der Waals surface area contributed by atoms with Crippen molar-refractivity contribution in [1.29, 1.82) is 0 Å². The summed E-state index contributed by atoms with van der Waals surface area (Å²) in [6.07, 6.45) is 10.9. The normalized spacial score (nSPS) is 24.2. The second-order valence-corrected chi connectivity index (χ2v) is 18.5. The molecule has 1 spiro atoms. The van der Waals surface area contributed by atoms with Crippen LogP contribution in [0.1, 0.15) is 104 Å². The van der Waals surface area contributed by atoms with Gasteiger partial charge in [-0.2, -0.15) is 0 Å². The van der Waals surface area contributed by atoms with Gasteiger partial charge in [-0.05, 0) is 117 Å². The number of hydrogen-bond donors (Lipinski definition) is 1. The Bertz CT molecular complexity index is 1990. The molecule has 2 saturated carbocycles. The molecule has 5 fully saturated rings. The Balaban J connectivity index is 0.972. The van der Waals surface area contributed by atoms with Gasteiger partial charge in [0.15, 0.2) is 5.82 Å². The molecule has 1 N–H and O–H groups in total. The Morgan fingerprint density at radius 2 is 1.55 bits per heavy atom. The number of piperidine rings is 2. The van der Waals surface area contributed by atoms with Crippen molar-refractivity contribution in [1.82, 2.24) is 34.1 Å². The molecule has 3 aromatic rings. The predicted molar refractivity (Wildman–Crippen MR) is 217 cm³/mol. The maximum absolute atomic E-state index is 15.0. The number of amides is 4. The number of imidazole rings is 1. The predicted octanol–water partition coefficient (Wildman–Crippen LogP) is 6.62. The van der Waals surface area contributed by atoms with Crippen LogP contribution in [0.4, 0.5) is 21.1 Å². The summed E-state index contributed by atoms with van der Waals surface area (Å²) in [6.45, 7) is 15.1. The minimum Gasteiger partial charge on any atom is -0.444 e. The summed E-state index contributed by atoms with van der Waals surface area (Å²) in [7, 11) is 0. The lowest BCUT2D eigenvalue weighted by Gasteiger charge is -2.48. The largest absolute Gasteiger partial charge is 0.444 e. The fraction of sp³-hybridized carbons (Fsp3) is 0.651. The molecule has 4 amide bonds. The Morgan fingerprint density at radius 3 is 2.21 bits per heavy atom. The molecule has 4 aliphatic heterocycles. The zero-order valence-corrected chi connectivity index (χ0v) is 33.9. The molecule has 0 radical (unpaired) electrons. The van der Waals surface area contributed by atoms with Gasteiger partial charge in [0.2, 0.25) is 5.91 Å². The lowest BCUT2D eigenvalue weighted by Crippen LogP contribution is -2.59. The molecule has 0 atom stereocenters. The number of carbonyl (C=O) groups is 3. The van der Waals surface area contributed by atoms with E-state index in [9.17, 15) is 9.59 Å². The first-order chi connectivity index (χ1) is 26.9. The molecule has 56 heavy (non-hydrogen) atoms. The third-order valence-electron chi connectivity index (χ3n) is 13.2. The Hall–Kier alpha value is -4.39. The summed E-state index contributed by atoms with van der Waals surface area (Å²) in [5.74, 6) is 1.07. The van der Waals surface area contributed by atoms with E-state index < -0.39 is 11.0 Å². The van der Waals surface area contributed by atoms with Crippen molar-refractivity contribution in [3.05, 3.63) is 36.2 Å². The highest BCUT2D eigenvalue weighted by Crippen LogP contribution is 2.52. The van der Waals surface area contributed by atoms with E-state index in [4.69, 9.17) is 14.7 Å². The van der Waals surface area contributed by atoms with Crippen LogP contribution in [0.2, 0.25) is 0 Å². The van der Waals surface area contributed by atoms with E-state index in [1.165, 1.54) is 19.3 Å². The number of aromatic nitrogens is 3. The molecule has 13 nitrogen and oxygen atoms in total. The SMILES string of the molecule is CC(C)n1cnc2cc(-c3ccc4c(c3)N([C@H]3C[C@@H](N5CCCCC5)C3)C(=O)C43CCN(C(=O)N4CCN(C(=O)OC(C)(C)C)CC4)CC3)nc(NC3CC3)c21. The van der Waals surface area contributed by atoms with Gasteiger partial charge in [0.05, 0.1) is 23.0 Å². The molecular weight excluding hydrogens is 707 g/mol. The lowest BCUT2D eigenvalue weighted by molar-refractivity contribution is -0.125. The van der Waals surface area contributed by atoms with Gasteiger partial charge < -0.3 is 39.1 Å². The third kappa shape index (κ3) is 6.77. The summed E-state index contributed by atoms with van der Waals surface area (Å²) in [4.78, 5) is 61.8. The minimum absolute atomic E-state index is 0.0121. The standard InChI is InChI=1S/C43H59N9O4/c1-28(2)51-27-44-35-26-34(46-38(37(35)51)45-30-10-11-30)29-9-12-33-36(23-29)52(32-24-31(25-32)47-15-7-6-8-16-47)39(53)43(33)13-17-48(18-14-43)40(54)49-19-21-50(22-20-49)41(55)56-42(3,4)5/h9,12,23,26-28,30-32H,6-8,10-11,13-22,24-25H2,1-5H3,(H,45,46)/t31-,32+. The van der Waals surface area contributed by atoms with Crippen molar-refractivity contribution in [3.8, 4) is 11.3 Å². The molecule has 2 aromatic heterocycles. The van der Waals surface area contributed by atoms with Crippen molar-refractivity contribution in [2.75, 3.05) is 62.6 Å². The van der Waals surface area contributed by atoms with Crippen molar-refractivity contribution >= 4 is 40.6 Å². The molecule has 300 valence electrons. The number of benzene rings is 1. The van der Waals surface area contributed by atoms with E-state index in [1.807, 2.05) is 36.9 Å². The molecule has 3 saturated heterocycles. The van der Waals surface area contributed by atoms with Gasteiger partial charge in [-0.1, -0.05) is 18.6 Å². The van der Waals surface area contributed by atoms with Gasteiger partial charge >= 0.3 is 12.1 Å². The van der Waals surface area contributed by atoms with Crippen molar-refractivity contribution in [2.45, 2.75) is 128 Å². The quantitative estimate of drug-likeness (QED) is 0.298. The maximum atomic E-state index is 15.0. The number of fused-ring (bicyclic) bond motifs is 3. The molecule has 13 heteroatoms. The molecular formula is C43H59N9O4. The second-order valence-electron chi connectivity index (χ2n) is 18.5. The van der Waals surface area contributed by atoms with Crippen LogP contribution >= 0.6 is 0 Å². The van der Waals surface area contributed by atoms with Crippen molar-refractivity contribution in [3.63, 3.8) is 0 Å². The number of ether oxygens (including phenoxy) is 1. The number of anilines is 2. The van der Waals surface area contributed by atoms with Gasteiger partial charge in [-0.25, -0.2) is 19.6 Å². The summed E-state index contributed by atoms with van der Waals surface area (Å²) >= 11 is 0. The van der Waals surface area contributed by atoms with E-state index in [-0.39, 0.29) is 30.1 Å². The van der Waals surface area contributed by atoms with Gasteiger partial charge in [0, 0.05) is 74.7 Å². The Labute approximate surface area is 330 Å². The smallest absolute Gasteiger partial charge is 0.410 e. The van der Waals surface area contributed by atoms with Crippen LogP contribution in [0, 0.1) is 0 Å². The van der Waals surface area contributed by atoms with Crippen LogP contribution in [0.25, 0.3) is 22.3 Å². The van der Waals surface area contributed by atoms with Crippen molar-refractivity contribution < 1.29 is 19.1 Å². The first kappa shape index (κ1) is 37.2. The van der Waals surface area contributed by atoms with Gasteiger partial charge in [-0.3, -0.25) is 4.79 Å². The van der Waals surface area contributed by atoms with Gasteiger partial charge in [0.1, 0.15) is 11.1 Å². The summed E-state index contributed by atoms with van der Waals surface area (Å²) in [5.41, 5.74) is 4.69. The number of carbonyl (C=O) groups excluding carboxylic acids is 3. The van der Waals surface area contributed by atoms with E-state index in [1.54, 1.807) is 4.90 Å². The molecule has 2 aliphatic carbocycles. The van der Waals surface area contributed by atoms with Crippen LogP contribution in [-0.4, -0.2) is 128 Å². The van der Waals surface area contributed by atoms with Gasteiger partial charge in [0.25, 0.3) is 0 Å². The van der Waals surface area contributed by atoms with Crippen LogP contribution in [-0.2, 0) is 14.9 Å². The third-order valence-corrected chi connectivity index (χ3v) is 13.2. The Kier molecular flexibility index (Phi) is 9.44. The van der Waals surface area contributed by atoms with E-state index in [0.29, 0.717) is 64.2 Å². The zero-order chi connectivity index (χ0) is 38.9. The number of likely N-dealkylation sites (tertiary alicyclic amines) is 2. The number of nitrogens with one attached hydrogen (secondary N) is 1. The lowest BCUT2D eigenvalue weighted by atomic mass is 9.73. The maximum Gasteiger partial charge on any atom is 0.410 e. The van der Waals surface area contributed by atoms with E-state index in [0.717, 1.165) is 78.1 Å². The number of nitrogens with zero attached hydrogens (tertiary/aromatic N) is 8. The second kappa shape index (κ2) is 14.2. The summed E-state index contributed by atoms with van der Waals surface area (Å²) < 4.78 is 7.75. The summed E-state index contributed by atoms with van der Waals surface area (Å²) in [5, 5.41) is 3.69. The van der Waals surface area contributed by atoms with Crippen LogP contribution in [0.5, 0.6) is 0 Å². The number of pyridine rings is 1. The number of piperazine rings is 1. The number of hydrogen-bond acceptors (Lipinski definition) is 8. The van der Waals surface area contributed by atoms with Gasteiger partial charge in [-0.15, -0.1) is 0 Å². The molecule has 9 rings (SSSR count). The minimum atomic E-state index is -0.664. The van der Waals surface area contributed by atoms with Crippen molar-refractivity contribution in [2.24, 2.45) is 0 Å². The first-order valence-electron chi connectivity index (χ1n) is 21.3. The average molecular weight is 766 g/mol. The number of rotatable bonds is 6. The average Bonchev–Trinajstić information content (AvgIpc) is 3.83. The fourth-order valence-corrected chi connectivity index (χ4v) is 9.75. The van der Waals surface area contributed by atoms with E-state index in [2.05, 4.69) is 57.8 Å².